The van der Waals surface area contributed by atoms with Gasteiger partial charge in [0.05, 0.1) is 0 Å². The first-order valence-corrected chi connectivity index (χ1v) is 3.06. The molecule has 0 radical (unpaired) electrons. The molecular weight excluding hydrogens is 228 g/mol. The smallest absolute Gasteiger partial charge is 0.449 e. The van der Waals surface area contributed by atoms with Gasteiger partial charge >= 0.3 is 64.5 Å². The van der Waals surface area contributed by atoms with Crippen molar-refractivity contribution in [1.29, 1.82) is 0 Å². The maximum Gasteiger partial charge on any atom is 1.00 e. The van der Waals surface area contributed by atoms with Crippen LogP contribution in [0.2, 0.25) is 6.32 Å². The molecule has 74 valence electrons. The van der Waals surface area contributed by atoms with E-state index in [1.54, 1.807) is 0 Å². The van der Waals surface area contributed by atoms with Gasteiger partial charge in [-0.3, -0.25) is 0 Å². The zero-order valence-electron chi connectivity index (χ0n) is 6.87. The molecule has 0 spiro atoms. The van der Waals surface area contributed by atoms with Gasteiger partial charge < -0.3 is 17.7 Å². The summed E-state index contributed by atoms with van der Waals surface area (Å²) in [5, 5.41) is 0. The second kappa shape index (κ2) is 6.67. The Bertz CT molecular complexity index is 118. The van der Waals surface area contributed by atoms with Gasteiger partial charge in [-0.15, -0.1) is 0 Å². The van der Waals surface area contributed by atoms with Gasteiger partial charge in [-0.1, -0.05) is 6.32 Å². The van der Waals surface area contributed by atoms with Crippen molar-refractivity contribution in [2.45, 2.75) is 12.5 Å². The minimum atomic E-state index is -5.04. The molecular formula is C4H6BF6KO. The molecule has 0 N–H and O–H groups in total. The number of hydrogen-bond donors (Lipinski definition) is 0. The van der Waals surface area contributed by atoms with Gasteiger partial charge in [0.25, 0.3) is 0 Å². The van der Waals surface area contributed by atoms with E-state index in [0.717, 1.165) is 0 Å². The Morgan fingerprint density at radius 2 is 1.54 bits per heavy atom. The monoisotopic (exact) mass is 234 g/mol. The minimum absolute atomic E-state index is 0. The average Bonchev–Trinajstić information content (AvgIpc) is 1.76. The Kier molecular flexibility index (Phi) is 8.56. The first-order chi connectivity index (χ1) is 5.21. The topological polar surface area (TPSA) is 9.23 Å². The van der Waals surface area contributed by atoms with Gasteiger partial charge in [0.2, 0.25) is 0 Å². The minimum Gasteiger partial charge on any atom is -0.449 e. The van der Waals surface area contributed by atoms with Crippen LogP contribution in [0.15, 0.2) is 0 Å². The summed E-state index contributed by atoms with van der Waals surface area (Å²) in [6.07, 6.45) is -5.85. The predicted octanol–water partition coefficient (Wildman–Crippen LogP) is -0.583. The normalized spacial score (nSPS) is 12.5. The quantitative estimate of drug-likeness (QED) is 0.359. The zero-order chi connectivity index (χ0) is 9.83. The van der Waals surface area contributed by atoms with Gasteiger partial charge in [0.15, 0.2) is 0 Å². The molecule has 0 atom stereocenters. The molecule has 0 fully saturated rings. The molecule has 1 nitrogen and oxygen atoms in total. The van der Waals surface area contributed by atoms with E-state index < -0.39 is 32.7 Å². The van der Waals surface area contributed by atoms with Crippen LogP contribution in [0.4, 0.5) is 26.1 Å². The third kappa shape index (κ3) is 16.0. The molecule has 0 aliphatic rings. The van der Waals surface area contributed by atoms with E-state index >= 15 is 0 Å². The zero-order valence-corrected chi connectivity index (χ0v) is 10.00. The molecule has 0 aromatic heterocycles. The van der Waals surface area contributed by atoms with E-state index in [2.05, 4.69) is 4.74 Å². The van der Waals surface area contributed by atoms with Crippen LogP contribution < -0.4 is 51.4 Å². The van der Waals surface area contributed by atoms with Gasteiger partial charge in [0, 0.05) is 6.61 Å². The van der Waals surface area contributed by atoms with Crippen molar-refractivity contribution < 1.29 is 82.2 Å². The third-order valence-corrected chi connectivity index (χ3v) is 0.855. The Morgan fingerprint density at radius 3 is 1.85 bits per heavy atom. The first-order valence-electron chi connectivity index (χ1n) is 3.06. The van der Waals surface area contributed by atoms with Crippen LogP contribution in [0.3, 0.4) is 0 Å². The molecule has 0 saturated carbocycles. The van der Waals surface area contributed by atoms with E-state index in [1.165, 1.54) is 0 Å². The second-order valence-corrected chi connectivity index (χ2v) is 2.17. The van der Waals surface area contributed by atoms with Crippen molar-refractivity contribution in [1.82, 2.24) is 0 Å². The fraction of sp³-hybridized carbons (Fsp3) is 1.00. The molecule has 0 amide bonds. The fourth-order valence-electron chi connectivity index (χ4n) is 0.405. The van der Waals surface area contributed by atoms with Crippen molar-refractivity contribution in [3.63, 3.8) is 0 Å². The standard InChI is InChI=1S/C4H6BF6O.K/c6-4(7,8)3-12-2-1-5(9,10)11;/h1-3H2;/q-1;+1. The van der Waals surface area contributed by atoms with E-state index in [9.17, 15) is 26.1 Å². The Morgan fingerprint density at radius 1 is 1.08 bits per heavy atom. The van der Waals surface area contributed by atoms with E-state index in [1.807, 2.05) is 0 Å². The molecule has 0 aliphatic heterocycles. The molecule has 0 heterocycles. The summed E-state index contributed by atoms with van der Waals surface area (Å²) < 4.78 is 71.7. The van der Waals surface area contributed by atoms with E-state index in [4.69, 9.17) is 0 Å². The van der Waals surface area contributed by atoms with Crippen LogP contribution >= 0.6 is 0 Å². The third-order valence-electron chi connectivity index (χ3n) is 0.855. The Labute approximate surface area is 114 Å². The molecule has 9 heteroatoms. The van der Waals surface area contributed by atoms with E-state index in [-0.39, 0.29) is 51.4 Å². The number of halogens is 6. The Hall–Kier alpha value is 1.24. The van der Waals surface area contributed by atoms with Gasteiger partial charge in [-0.05, 0) is 0 Å². The van der Waals surface area contributed by atoms with Crippen LogP contribution in [-0.4, -0.2) is 26.4 Å². The molecule has 0 unspecified atom stereocenters. The van der Waals surface area contributed by atoms with Crippen molar-refractivity contribution >= 4 is 6.98 Å². The number of alkyl halides is 3. The summed E-state index contributed by atoms with van der Waals surface area (Å²) in [5.41, 5.74) is 0. The van der Waals surface area contributed by atoms with Crippen LogP contribution in [-0.2, 0) is 4.74 Å². The summed E-state index contributed by atoms with van der Waals surface area (Å²) in [6, 6.07) is 0. The van der Waals surface area contributed by atoms with E-state index in [0.29, 0.717) is 0 Å². The van der Waals surface area contributed by atoms with Crippen molar-refractivity contribution in [3.05, 3.63) is 0 Å². The molecule has 13 heavy (non-hydrogen) atoms. The van der Waals surface area contributed by atoms with Gasteiger partial charge in [0.1, 0.15) is 6.61 Å². The summed E-state index contributed by atoms with van der Waals surface area (Å²) in [6.45, 7) is -7.60. The first kappa shape index (κ1) is 16.7. The predicted molar refractivity (Wildman–Crippen MR) is 30.8 cm³/mol. The maximum absolute atomic E-state index is 11.4. The molecule has 0 aromatic carbocycles. The van der Waals surface area contributed by atoms with Gasteiger partial charge in [-0.2, -0.15) is 13.2 Å². The summed E-state index contributed by atoms with van der Waals surface area (Å²) in [7, 11) is 0. The SMILES string of the molecule is F[B-](F)(F)CCOCC(F)(F)F.[K+]. The van der Waals surface area contributed by atoms with Crippen molar-refractivity contribution in [2.24, 2.45) is 0 Å². The molecule has 0 saturated heterocycles. The second-order valence-electron chi connectivity index (χ2n) is 2.17. The largest absolute Gasteiger partial charge is 1.00 e. The van der Waals surface area contributed by atoms with Crippen LogP contribution in [0.25, 0.3) is 0 Å². The molecule has 0 rings (SSSR count). The molecule has 0 bridgehead atoms. The van der Waals surface area contributed by atoms with Crippen LogP contribution in [0, 0.1) is 0 Å². The number of rotatable bonds is 4. The van der Waals surface area contributed by atoms with Crippen molar-refractivity contribution in [2.75, 3.05) is 13.2 Å². The van der Waals surface area contributed by atoms with Crippen molar-refractivity contribution in [3.8, 4) is 0 Å². The average molecular weight is 234 g/mol. The molecule has 0 aliphatic carbocycles. The summed E-state index contributed by atoms with van der Waals surface area (Å²) in [4.78, 5) is 0. The summed E-state index contributed by atoms with van der Waals surface area (Å²) >= 11 is 0. The van der Waals surface area contributed by atoms with Crippen LogP contribution in [0.1, 0.15) is 0 Å². The van der Waals surface area contributed by atoms with Crippen LogP contribution in [0.5, 0.6) is 0 Å². The van der Waals surface area contributed by atoms with Gasteiger partial charge in [-0.25, -0.2) is 0 Å². The number of hydrogen-bond acceptors (Lipinski definition) is 1. The fourth-order valence-corrected chi connectivity index (χ4v) is 0.405. The number of ether oxygens (including phenoxy) is 1. The summed E-state index contributed by atoms with van der Waals surface area (Å²) in [5.74, 6) is 0. The molecule has 0 aromatic rings. The Balaban J connectivity index is 0. The maximum atomic E-state index is 11.4.